The Hall–Kier alpha value is -3.10. The third-order valence-electron chi connectivity index (χ3n) is 9.43. The first-order valence-electron chi connectivity index (χ1n) is 13.7. The lowest BCUT2D eigenvalue weighted by molar-refractivity contribution is -0.143. The third-order valence-corrected chi connectivity index (χ3v) is 11.3. The molecule has 0 spiro atoms. The molecule has 2 saturated heterocycles. The predicted octanol–water partition coefficient (Wildman–Crippen LogP) is 6.65. The van der Waals surface area contributed by atoms with Gasteiger partial charge in [0.1, 0.15) is 5.75 Å². The average Bonchev–Trinajstić information content (AvgIpc) is 3.31. The van der Waals surface area contributed by atoms with Crippen LogP contribution in [0.2, 0.25) is 0 Å². The molecule has 2 aromatic carbocycles. The van der Waals surface area contributed by atoms with Gasteiger partial charge in [0.05, 0.1) is 34.1 Å². The van der Waals surface area contributed by atoms with Gasteiger partial charge in [0.15, 0.2) is 9.75 Å². The lowest BCUT2D eigenvalue weighted by Gasteiger charge is -2.50. The molecule has 6 rings (SSSR count). The Labute approximate surface area is 275 Å². The molecule has 2 aliphatic carbocycles. The van der Waals surface area contributed by atoms with Crippen molar-refractivity contribution in [2.75, 3.05) is 10.4 Å². The molecule has 0 radical (unpaired) electrons. The minimum atomic E-state index is -5.24. The molecule has 2 aromatic rings. The number of anilines is 1. The summed E-state index contributed by atoms with van der Waals surface area (Å²) >= 11 is 17.3. The zero-order valence-corrected chi connectivity index (χ0v) is 26.4. The van der Waals surface area contributed by atoms with Crippen molar-refractivity contribution in [1.82, 2.24) is 4.90 Å². The van der Waals surface area contributed by atoms with Gasteiger partial charge in [-0.3, -0.25) is 24.1 Å². The molecule has 6 atom stereocenters. The van der Waals surface area contributed by atoms with Crippen molar-refractivity contribution in [2.24, 2.45) is 17.8 Å². The molecule has 3 fully saturated rings. The summed E-state index contributed by atoms with van der Waals surface area (Å²) in [6.45, 7) is 1.58. The summed E-state index contributed by atoms with van der Waals surface area (Å²) in [5.74, 6) is -9.24. The molecule has 7 nitrogen and oxygen atoms in total. The number of para-hydroxylation sites is 1. The zero-order chi connectivity index (χ0) is 33.9. The number of hydrogen-bond acceptors (Lipinski definition) is 5. The fraction of sp³-hybridized carbons (Fsp3) is 0.400. The van der Waals surface area contributed by atoms with E-state index in [4.69, 9.17) is 23.2 Å². The number of phenols is 1. The standard InChI is InChI=1S/C30H21BrCl2F6N2O5/c1-12-3-2-4-18(22(12)42)21-16-5-6-17-20(19(16)10-27(32)25(45)40(11-31)26(46)28(21,27)33)24(44)41(23(17)43)15-8-13(29(34,35)36)7-14(9-15)30(37,38)39/h2-5,7-9,17,19-21,42H,6,10-11H2,1H3. The number of aryl methyl sites for hydroxylation is 1. The number of benzene rings is 2. The normalized spacial score (nSPS) is 31.2. The molecule has 1 N–H and O–H groups in total. The van der Waals surface area contributed by atoms with E-state index in [0.717, 1.165) is 4.90 Å². The van der Waals surface area contributed by atoms with Gasteiger partial charge >= 0.3 is 12.4 Å². The summed E-state index contributed by atoms with van der Waals surface area (Å²) in [6, 6.07) is 5.09. The van der Waals surface area contributed by atoms with Crippen molar-refractivity contribution in [3.05, 3.63) is 70.3 Å². The number of phenolic OH excluding ortho intramolecular Hbond substituents is 1. The summed E-state index contributed by atoms with van der Waals surface area (Å²) < 4.78 is 81.9. The minimum Gasteiger partial charge on any atom is -0.507 e. The highest BCUT2D eigenvalue weighted by atomic mass is 79.9. The van der Waals surface area contributed by atoms with Crippen LogP contribution >= 0.6 is 39.1 Å². The Morgan fingerprint density at radius 3 is 2.11 bits per heavy atom. The van der Waals surface area contributed by atoms with Crippen LogP contribution in [0.4, 0.5) is 32.0 Å². The van der Waals surface area contributed by atoms with Gasteiger partial charge in [0.2, 0.25) is 11.8 Å². The van der Waals surface area contributed by atoms with Gasteiger partial charge in [-0.1, -0.05) is 45.8 Å². The first kappa shape index (κ1) is 32.8. The molecular formula is C30H21BrCl2F6N2O5. The van der Waals surface area contributed by atoms with Crippen LogP contribution in [0, 0.1) is 24.7 Å². The van der Waals surface area contributed by atoms with Crippen molar-refractivity contribution in [3.63, 3.8) is 0 Å². The molecule has 6 unspecified atom stereocenters. The highest BCUT2D eigenvalue weighted by Crippen LogP contribution is 2.66. The van der Waals surface area contributed by atoms with E-state index in [-0.39, 0.29) is 34.8 Å². The van der Waals surface area contributed by atoms with Crippen LogP contribution in [-0.4, -0.2) is 48.8 Å². The van der Waals surface area contributed by atoms with E-state index >= 15 is 0 Å². The summed E-state index contributed by atoms with van der Waals surface area (Å²) in [5, 5.41) is 11.1. The van der Waals surface area contributed by atoms with Gasteiger partial charge in [-0.05, 0) is 49.4 Å². The Bertz CT molecular complexity index is 1730. The molecule has 2 aliphatic heterocycles. The van der Waals surface area contributed by atoms with Gasteiger partial charge in [0.25, 0.3) is 11.8 Å². The maximum atomic E-state index is 14.1. The topological polar surface area (TPSA) is 95.0 Å². The summed E-state index contributed by atoms with van der Waals surface area (Å²) in [6.07, 6.45) is -9.61. The molecule has 0 aromatic heterocycles. The largest absolute Gasteiger partial charge is 0.507 e. The second kappa shape index (κ2) is 10.4. The van der Waals surface area contributed by atoms with E-state index in [9.17, 15) is 50.6 Å². The van der Waals surface area contributed by atoms with E-state index in [2.05, 4.69) is 15.9 Å². The van der Waals surface area contributed by atoms with E-state index in [1.54, 1.807) is 19.1 Å². The minimum absolute atomic E-state index is 0.105. The van der Waals surface area contributed by atoms with Gasteiger partial charge in [-0.15, -0.1) is 23.2 Å². The molecular weight excluding hydrogens is 733 g/mol. The lowest BCUT2D eigenvalue weighted by Crippen LogP contribution is -2.60. The second-order valence-electron chi connectivity index (χ2n) is 11.8. The number of amides is 4. The molecule has 4 aliphatic rings. The molecule has 16 heteroatoms. The predicted molar refractivity (Wildman–Crippen MR) is 155 cm³/mol. The van der Waals surface area contributed by atoms with Crippen LogP contribution in [0.25, 0.3) is 0 Å². The highest BCUT2D eigenvalue weighted by molar-refractivity contribution is 9.09. The molecule has 2 heterocycles. The number of allylic oxidation sites excluding steroid dienone is 2. The van der Waals surface area contributed by atoms with Crippen LogP contribution in [0.15, 0.2) is 48.0 Å². The third kappa shape index (κ3) is 4.38. The molecule has 244 valence electrons. The number of carbonyl (C=O) groups is 4. The SMILES string of the molecule is Cc1cccc(C2C3=CCC4C(=O)N(c5cc(C(F)(F)F)cc(C(F)(F)F)c5)C(=O)C4C3CC3(Cl)C(=O)N(CBr)C(=O)C23Cl)c1O. The number of likely N-dealkylation sites (tertiary alicyclic amines) is 1. The van der Waals surface area contributed by atoms with E-state index in [1.807, 2.05) is 0 Å². The second-order valence-corrected chi connectivity index (χ2v) is 13.5. The molecule has 4 amide bonds. The number of carbonyl (C=O) groups excluding carboxylic acids is 4. The Morgan fingerprint density at radius 1 is 0.935 bits per heavy atom. The van der Waals surface area contributed by atoms with Crippen molar-refractivity contribution >= 4 is 68.4 Å². The Balaban J connectivity index is 1.52. The first-order valence-corrected chi connectivity index (χ1v) is 15.6. The number of halogens is 9. The maximum Gasteiger partial charge on any atom is 0.416 e. The van der Waals surface area contributed by atoms with E-state index in [1.165, 1.54) is 12.1 Å². The summed E-state index contributed by atoms with van der Waals surface area (Å²) in [7, 11) is 0. The summed E-state index contributed by atoms with van der Waals surface area (Å²) in [4.78, 5) is 51.9. The van der Waals surface area contributed by atoms with Crippen molar-refractivity contribution in [2.45, 2.75) is 47.8 Å². The number of hydrogen-bond donors (Lipinski definition) is 1. The number of aromatic hydroxyl groups is 1. The maximum absolute atomic E-state index is 14.1. The number of fused-ring (bicyclic) bond motifs is 4. The van der Waals surface area contributed by atoms with E-state index in [0.29, 0.717) is 22.6 Å². The zero-order valence-electron chi connectivity index (χ0n) is 23.3. The smallest absolute Gasteiger partial charge is 0.416 e. The van der Waals surface area contributed by atoms with Gasteiger partial charge in [0, 0.05) is 11.5 Å². The molecule has 1 saturated carbocycles. The lowest BCUT2D eigenvalue weighted by atomic mass is 9.56. The van der Waals surface area contributed by atoms with Crippen LogP contribution in [-0.2, 0) is 31.5 Å². The molecule has 0 bridgehead atoms. The summed E-state index contributed by atoms with van der Waals surface area (Å²) in [5.41, 5.74) is -3.86. The van der Waals surface area contributed by atoms with Crippen LogP contribution in [0.5, 0.6) is 5.75 Å². The Kier molecular flexibility index (Phi) is 7.46. The fourth-order valence-corrected chi connectivity index (χ4v) is 8.75. The quantitative estimate of drug-likeness (QED) is 0.125. The van der Waals surface area contributed by atoms with E-state index < -0.39 is 92.6 Å². The first-order chi connectivity index (χ1) is 21.3. The van der Waals surface area contributed by atoms with Crippen molar-refractivity contribution < 1.29 is 50.6 Å². The Morgan fingerprint density at radius 2 is 1.54 bits per heavy atom. The highest BCUT2D eigenvalue weighted by Gasteiger charge is 2.76. The number of nitrogens with zero attached hydrogens (tertiary/aromatic N) is 2. The monoisotopic (exact) mass is 752 g/mol. The van der Waals surface area contributed by atoms with Gasteiger partial charge < -0.3 is 5.11 Å². The van der Waals surface area contributed by atoms with Crippen LogP contribution < -0.4 is 4.90 Å². The van der Waals surface area contributed by atoms with Crippen LogP contribution in [0.1, 0.15) is 41.0 Å². The number of rotatable bonds is 3. The van der Waals surface area contributed by atoms with Crippen molar-refractivity contribution in [1.29, 1.82) is 0 Å². The number of imide groups is 2. The molecule has 46 heavy (non-hydrogen) atoms. The van der Waals surface area contributed by atoms with Gasteiger partial charge in [-0.25, -0.2) is 4.90 Å². The fourth-order valence-electron chi connectivity index (χ4n) is 7.34. The van der Waals surface area contributed by atoms with Crippen LogP contribution in [0.3, 0.4) is 0 Å². The van der Waals surface area contributed by atoms with Gasteiger partial charge in [-0.2, -0.15) is 26.3 Å². The van der Waals surface area contributed by atoms with Crippen molar-refractivity contribution in [3.8, 4) is 5.75 Å². The number of alkyl halides is 9. The average molecular weight is 754 g/mol.